The quantitative estimate of drug-likeness (QED) is 0.779. The maximum Gasteiger partial charge on any atom is 0.352 e. The largest absolute Gasteiger partial charge is 0.352 e. The molecule has 0 aromatic heterocycles. The number of anilines is 1. The molecule has 0 unspecified atom stereocenters. The lowest BCUT2D eigenvalue weighted by Gasteiger charge is -2.22. The minimum Gasteiger partial charge on any atom is -0.328 e. The maximum atomic E-state index is 12.4. The summed E-state index contributed by atoms with van der Waals surface area (Å²) in [4.78, 5) is 55.8. The van der Waals surface area contributed by atoms with Gasteiger partial charge in [-0.3, -0.25) is 14.4 Å². The molecule has 2 aliphatic heterocycles. The van der Waals surface area contributed by atoms with Crippen LogP contribution in [-0.2, 0) is 20.8 Å². The normalized spacial score (nSPS) is 16.1. The van der Waals surface area contributed by atoms with Crippen molar-refractivity contribution in [1.82, 2.24) is 5.06 Å². The molecular weight excluding hydrogens is 348 g/mol. The SMILES string of the molecule is O=C(CN1C(=O)CCCc2ccccc21)ON1C(=O)c2ccccc2C1=O. The third-order valence-corrected chi connectivity index (χ3v) is 4.66. The number of fused-ring (bicyclic) bond motifs is 2. The zero-order valence-electron chi connectivity index (χ0n) is 14.4. The molecule has 0 aliphatic carbocycles. The highest BCUT2D eigenvalue weighted by Gasteiger charge is 2.39. The molecule has 2 aromatic rings. The summed E-state index contributed by atoms with van der Waals surface area (Å²) in [6, 6.07) is 13.6. The van der Waals surface area contributed by atoms with Gasteiger partial charge in [-0.05, 0) is 36.6 Å². The van der Waals surface area contributed by atoms with E-state index in [4.69, 9.17) is 4.84 Å². The third-order valence-electron chi connectivity index (χ3n) is 4.66. The summed E-state index contributed by atoms with van der Waals surface area (Å²) >= 11 is 0. The molecule has 7 nitrogen and oxygen atoms in total. The highest BCUT2D eigenvalue weighted by atomic mass is 16.7. The molecule has 7 heteroatoms. The molecule has 0 saturated carbocycles. The molecule has 0 radical (unpaired) electrons. The Morgan fingerprint density at radius 2 is 1.52 bits per heavy atom. The molecule has 0 bridgehead atoms. The van der Waals surface area contributed by atoms with Gasteiger partial charge in [0.05, 0.1) is 11.1 Å². The number of carbonyl (C=O) groups is 4. The highest BCUT2D eigenvalue weighted by molar-refractivity contribution is 6.21. The number of benzene rings is 2. The van der Waals surface area contributed by atoms with E-state index in [0.717, 1.165) is 12.0 Å². The second-order valence-electron chi connectivity index (χ2n) is 6.38. The van der Waals surface area contributed by atoms with Gasteiger partial charge in [-0.1, -0.05) is 35.4 Å². The van der Waals surface area contributed by atoms with Crippen LogP contribution in [0.15, 0.2) is 48.5 Å². The minimum absolute atomic E-state index is 0.187. The van der Waals surface area contributed by atoms with Gasteiger partial charge in [0, 0.05) is 12.1 Å². The first kappa shape index (κ1) is 17.0. The van der Waals surface area contributed by atoms with Crippen LogP contribution < -0.4 is 4.90 Å². The van der Waals surface area contributed by atoms with E-state index in [1.807, 2.05) is 12.1 Å². The van der Waals surface area contributed by atoms with Crippen molar-refractivity contribution in [2.45, 2.75) is 19.3 Å². The molecule has 0 atom stereocenters. The van der Waals surface area contributed by atoms with Crippen LogP contribution in [0.4, 0.5) is 5.69 Å². The first-order chi connectivity index (χ1) is 13.1. The molecule has 2 heterocycles. The number of hydrogen-bond donors (Lipinski definition) is 0. The van der Waals surface area contributed by atoms with Gasteiger partial charge in [0.2, 0.25) is 5.91 Å². The topological polar surface area (TPSA) is 84.0 Å². The van der Waals surface area contributed by atoms with E-state index in [9.17, 15) is 19.2 Å². The van der Waals surface area contributed by atoms with Crippen molar-refractivity contribution in [2.24, 2.45) is 0 Å². The Bertz CT molecular complexity index is 933. The Morgan fingerprint density at radius 1 is 0.889 bits per heavy atom. The highest BCUT2D eigenvalue weighted by Crippen LogP contribution is 2.27. The van der Waals surface area contributed by atoms with Crippen LogP contribution in [0.25, 0.3) is 0 Å². The number of para-hydroxylation sites is 1. The minimum atomic E-state index is -0.852. The van der Waals surface area contributed by atoms with Crippen LogP contribution >= 0.6 is 0 Å². The Hall–Kier alpha value is -3.48. The van der Waals surface area contributed by atoms with Crippen LogP contribution in [-0.4, -0.2) is 35.3 Å². The van der Waals surface area contributed by atoms with Gasteiger partial charge in [0.1, 0.15) is 6.54 Å². The smallest absolute Gasteiger partial charge is 0.328 e. The summed E-state index contributed by atoms with van der Waals surface area (Å²) in [5.41, 5.74) is 1.99. The summed E-state index contributed by atoms with van der Waals surface area (Å²) < 4.78 is 0. The second-order valence-corrected chi connectivity index (χ2v) is 6.38. The molecule has 136 valence electrons. The van der Waals surface area contributed by atoms with Crippen LogP contribution in [0, 0.1) is 0 Å². The summed E-state index contributed by atoms with van der Waals surface area (Å²) in [6.07, 6.45) is 1.75. The summed E-state index contributed by atoms with van der Waals surface area (Å²) in [5, 5.41) is 0.460. The molecule has 27 heavy (non-hydrogen) atoms. The molecule has 3 amide bonds. The molecule has 2 aromatic carbocycles. The predicted octanol–water partition coefficient (Wildman–Crippen LogP) is 2.11. The van der Waals surface area contributed by atoms with Crippen molar-refractivity contribution >= 4 is 29.4 Å². The van der Waals surface area contributed by atoms with Crippen LogP contribution in [0.1, 0.15) is 39.1 Å². The van der Waals surface area contributed by atoms with Crippen molar-refractivity contribution in [2.75, 3.05) is 11.4 Å². The number of amides is 3. The fourth-order valence-electron chi connectivity index (χ4n) is 3.37. The lowest BCUT2D eigenvalue weighted by atomic mass is 10.1. The standard InChI is InChI=1S/C20H16N2O5/c23-17-11-5-7-13-6-1-4-10-16(13)21(17)12-18(24)27-22-19(25)14-8-2-3-9-15(14)20(22)26/h1-4,6,8-10H,5,7,11-12H2. The number of nitrogens with zero attached hydrogens (tertiary/aromatic N) is 2. The summed E-state index contributed by atoms with van der Waals surface area (Å²) in [5.74, 6) is -2.42. The number of carbonyl (C=O) groups excluding carboxylic acids is 4. The van der Waals surface area contributed by atoms with E-state index < -0.39 is 17.8 Å². The predicted molar refractivity (Wildman–Crippen MR) is 94.8 cm³/mol. The second kappa shape index (κ2) is 6.68. The Labute approximate surface area is 155 Å². The Kier molecular flexibility index (Phi) is 4.19. The van der Waals surface area contributed by atoms with Gasteiger partial charge >= 0.3 is 5.97 Å². The lowest BCUT2D eigenvalue weighted by molar-refractivity contribution is -0.167. The van der Waals surface area contributed by atoms with E-state index in [2.05, 4.69) is 0 Å². The van der Waals surface area contributed by atoms with Crippen molar-refractivity contribution in [3.63, 3.8) is 0 Å². The zero-order valence-corrected chi connectivity index (χ0v) is 14.4. The van der Waals surface area contributed by atoms with Gasteiger partial charge in [-0.25, -0.2) is 4.79 Å². The van der Waals surface area contributed by atoms with Gasteiger partial charge < -0.3 is 9.74 Å². The maximum absolute atomic E-state index is 12.4. The monoisotopic (exact) mass is 364 g/mol. The van der Waals surface area contributed by atoms with Gasteiger partial charge in [-0.2, -0.15) is 0 Å². The van der Waals surface area contributed by atoms with Crippen LogP contribution in [0.5, 0.6) is 0 Å². The molecule has 0 spiro atoms. The van der Waals surface area contributed by atoms with E-state index >= 15 is 0 Å². The first-order valence-corrected chi connectivity index (χ1v) is 8.63. The van der Waals surface area contributed by atoms with E-state index in [-0.39, 0.29) is 23.6 Å². The molecule has 0 N–H and O–H groups in total. The van der Waals surface area contributed by atoms with E-state index in [0.29, 0.717) is 23.6 Å². The Balaban J connectivity index is 1.53. The number of hydroxylamine groups is 2. The van der Waals surface area contributed by atoms with Gasteiger partial charge in [0.15, 0.2) is 0 Å². The summed E-state index contributed by atoms with van der Waals surface area (Å²) in [7, 11) is 0. The molecular formula is C20H16N2O5. The number of imide groups is 1. The fourth-order valence-corrected chi connectivity index (χ4v) is 3.37. The third kappa shape index (κ3) is 2.97. The molecule has 0 fully saturated rings. The molecule has 4 rings (SSSR count). The Morgan fingerprint density at radius 3 is 2.22 bits per heavy atom. The number of rotatable bonds is 3. The van der Waals surface area contributed by atoms with E-state index in [1.165, 1.54) is 17.0 Å². The molecule has 2 aliphatic rings. The van der Waals surface area contributed by atoms with Crippen LogP contribution in [0.2, 0.25) is 0 Å². The van der Waals surface area contributed by atoms with Crippen molar-refractivity contribution in [3.05, 3.63) is 65.2 Å². The summed E-state index contributed by atoms with van der Waals surface area (Å²) in [6.45, 7) is -0.372. The van der Waals surface area contributed by atoms with Crippen molar-refractivity contribution in [1.29, 1.82) is 0 Å². The van der Waals surface area contributed by atoms with Crippen molar-refractivity contribution < 1.29 is 24.0 Å². The molecule has 0 saturated heterocycles. The lowest BCUT2D eigenvalue weighted by Crippen LogP contribution is -2.40. The zero-order chi connectivity index (χ0) is 19.0. The average molecular weight is 364 g/mol. The van der Waals surface area contributed by atoms with Crippen LogP contribution in [0.3, 0.4) is 0 Å². The number of aryl methyl sites for hydroxylation is 1. The van der Waals surface area contributed by atoms with Gasteiger partial charge in [0.25, 0.3) is 11.8 Å². The first-order valence-electron chi connectivity index (χ1n) is 8.63. The van der Waals surface area contributed by atoms with Crippen molar-refractivity contribution in [3.8, 4) is 0 Å². The van der Waals surface area contributed by atoms with E-state index in [1.54, 1.807) is 24.3 Å². The number of hydrogen-bond acceptors (Lipinski definition) is 5. The fraction of sp³-hybridized carbons (Fsp3) is 0.200. The van der Waals surface area contributed by atoms with Gasteiger partial charge in [-0.15, -0.1) is 0 Å². The average Bonchev–Trinajstić information content (AvgIpc) is 2.81.